The van der Waals surface area contributed by atoms with E-state index in [0.29, 0.717) is 0 Å². The third-order valence-corrected chi connectivity index (χ3v) is 1.09. The second-order valence-electron chi connectivity index (χ2n) is 1.81. The Hall–Kier alpha value is -0.666. The van der Waals surface area contributed by atoms with Gasteiger partial charge in [-0.05, 0) is 24.3 Å². The first-order chi connectivity index (χ1) is 4.70. The van der Waals surface area contributed by atoms with E-state index >= 15 is 0 Å². The summed E-state index contributed by atoms with van der Waals surface area (Å²) in [5.74, 6) is -1.47. The molecule has 0 aliphatic carbocycles. The molecule has 0 unspecified atom stereocenters. The Morgan fingerprint density at radius 3 is 2.09 bits per heavy atom. The third-order valence-electron chi connectivity index (χ3n) is 1.09. The first-order valence-electron chi connectivity index (χ1n) is 2.69. The first-order valence-corrected chi connectivity index (χ1v) is 2.69. The maximum atomic E-state index is 12.2. The molecule has 11 heavy (non-hydrogen) atoms. The van der Waals surface area contributed by atoms with Crippen molar-refractivity contribution < 1.29 is 36.0 Å². The molecule has 0 amide bonds. The van der Waals surface area contributed by atoms with Gasteiger partial charge in [-0.1, -0.05) is 0 Å². The van der Waals surface area contributed by atoms with E-state index in [-0.39, 0.29) is 27.3 Å². The average molecular weight is 188 g/mol. The second kappa shape index (κ2) is 4.26. The molecule has 56 valence electrons. The molecular formula is C7H5FO2Ti. The molecule has 0 aromatic heterocycles. The zero-order chi connectivity index (χ0) is 7.56. The van der Waals surface area contributed by atoms with Crippen molar-refractivity contribution in [3.05, 3.63) is 35.6 Å². The molecule has 0 spiro atoms. The van der Waals surface area contributed by atoms with Gasteiger partial charge in [0.2, 0.25) is 0 Å². The van der Waals surface area contributed by atoms with E-state index in [1.807, 2.05) is 0 Å². The van der Waals surface area contributed by atoms with Crippen LogP contribution in [-0.4, -0.2) is 11.1 Å². The summed E-state index contributed by atoms with van der Waals surface area (Å²) in [7, 11) is 0. The van der Waals surface area contributed by atoms with Crippen molar-refractivity contribution >= 4 is 5.97 Å². The molecule has 0 atom stereocenters. The van der Waals surface area contributed by atoms with Crippen LogP contribution >= 0.6 is 0 Å². The number of halogens is 1. The Bertz CT molecular complexity index is 245. The van der Waals surface area contributed by atoms with Gasteiger partial charge < -0.3 is 5.11 Å². The van der Waals surface area contributed by atoms with E-state index in [1.165, 1.54) is 12.1 Å². The molecule has 1 aromatic rings. The first kappa shape index (κ1) is 10.3. The van der Waals surface area contributed by atoms with E-state index in [1.54, 1.807) is 0 Å². The van der Waals surface area contributed by atoms with Crippen molar-refractivity contribution in [3.8, 4) is 0 Å². The van der Waals surface area contributed by atoms with Crippen molar-refractivity contribution in [2.24, 2.45) is 0 Å². The monoisotopic (exact) mass is 188 g/mol. The molecule has 0 heterocycles. The van der Waals surface area contributed by atoms with Gasteiger partial charge in [-0.3, -0.25) is 0 Å². The van der Waals surface area contributed by atoms with Crippen LogP contribution in [0.1, 0.15) is 10.4 Å². The summed E-state index contributed by atoms with van der Waals surface area (Å²) >= 11 is 0. The van der Waals surface area contributed by atoms with Gasteiger partial charge in [0.05, 0.1) is 5.56 Å². The van der Waals surface area contributed by atoms with Crippen molar-refractivity contribution in [2.75, 3.05) is 0 Å². The molecule has 0 saturated heterocycles. The van der Waals surface area contributed by atoms with Crippen LogP contribution in [0.4, 0.5) is 4.39 Å². The average Bonchev–Trinajstić information content (AvgIpc) is 1.88. The van der Waals surface area contributed by atoms with Gasteiger partial charge in [-0.25, -0.2) is 9.18 Å². The van der Waals surface area contributed by atoms with Crippen LogP contribution in [0, 0.1) is 5.82 Å². The standard InChI is InChI=1S/C7H5FO2.Ti/c8-6-3-1-5(2-4-6)7(9)10;/h1-4H,(H,9,10);. The third kappa shape index (κ3) is 2.82. The van der Waals surface area contributed by atoms with Crippen LogP contribution < -0.4 is 0 Å². The van der Waals surface area contributed by atoms with E-state index in [9.17, 15) is 9.18 Å². The van der Waals surface area contributed by atoms with Gasteiger partial charge >= 0.3 is 5.97 Å². The van der Waals surface area contributed by atoms with Gasteiger partial charge in [-0.15, -0.1) is 0 Å². The van der Waals surface area contributed by atoms with E-state index < -0.39 is 11.8 Å². The van der Waals surface area contributed by atoms with Crippen molar-refractivity contribution in [1.82, 2.24) is 0 Å². The normalized spacial score (nSPS) is 8.45. The molecule has 0 radical (unpaired) electrons. The number of rotatable bonds is 1. The van der Waals surface area contributed by atoms with Gasteiger partial charge in [0, 0.05) is 21.7 Å². The predicted molar refractivity (Wildman–Crippen MR) is 33.4 cm³/mol. The Balaban J connectivity index is 0.000001000. The number of hydrogen-bond acceptors (Lipinski definition) is 1. The molecule has 0 aliphatic heterocycles. The van der Waals surface area contributed by atoms with Crippen LogP contribution in [0.25, 0.3) is 0 Å². The fourth-order valence-electron chi connectivity index (χ4n) is 0.592. The zero-order valence-electron chi connectivity index (χ0n) is 5.54. The number of benzene rings is 1. The van der Waals surface area contributed by atoms with Gasteiger partial charge in [0.1, 0.15) is 5.82 Å². The summed E-state index contributed by atoms with van der Waals surface area (Å²) in [5, 5.41) is 8.35. The van der Waals surface area contributed by atoms with Crippen LogP contribution in [0.3, 0.4) is 0 Å². The molecule has 1 rings (SSSR count). The minimum absolute atomic E-state index is 0. The fraction of sp³-hybridized carbons (Fsp3) is 0. The maximum absolute atomic E-state index is 12.2. The summed E-state index contributed by atoms with van der Waals surface area (Å²) in [5.41, 5.74) is 0.0985. The molecule has 0 aliphatic rings. The largest absolute Gasteiger partial charge is 0.478 e. The minimum atomic E-state index is -1.04. The Morgan fingerprint density at radius 1 is 1.27 bits per heavy atom. The van der Waals surface area contributed by atoms with E-state index in [2.05, 4.69) is 0 Å². The fourth-order valence-corrected chi connectivity index (χ4v) is 0.592. The van der Waals surface area contributed by atoms with E-state index in [0.717, 1.165) is 12.1 Å². The van der Waals surface area contributed by atoms with Crippen LogP contribution in [0.5, 0.6) is 0 Å². The second-order valence-corrected chi connectivity index (χ2v) is 1.81. The number of carboxylic acids is 1. The molecule has 0 fully saturated rings. The predicted octanol–water partition coefficient (Wildman–Crippen LogP) is 1.52. The zero-order valence-corrected chi connectivity index (χ0v) is 7.10. The van der Waals surface area contributed by atoms with Crippen LogP contribution in [-0.2, 0) is 21.7 Å². The minimum Gasteiger partial charge on any atom is -0.478 e. The van der Waals surface area contributed by atoms with Gasteiger partial charge in [0.25, 0.3) is 0 Å². The molecule has 0 bridgehead atoms. The maximum Gasteiger partial charge on any atom is 0.335 e. The SMILES string of the molecule is O=C(O)c1ccc(F)cc1.[Ti]. The van der Waals surface area contributed by atoms with Gasteiger partial charge in [0.15, 0.2) is 0 Å². The number of carbonyl (C=O) groups is 1. The summed E-state index contributed by atoms with van der Waals surface area (Å²) in [6.45, 7) is 0. The molecule has 4 heteroatoms. The van der Waals surface area contributed by atoms with Crippen molar-refractivity contribution in [1.29, 1.82) is 0 Å². The summed E-state index contributed by atoms with van der Waals surface area (Å²) < 4.78 is 12.2. The Labute approximate surface area is 77.9 Å². The Kier molecular flexibility index (Phi) is 4.00. The summed E-state index contributed by atoms with van der Waals surface area (Å²) in [6, 6.07) is 4.67. The smallest absolute Gasteiger partial charge is 0.335 e. The van der Waals surface area contributed by atoms with Crippen molar-refractivity contribution in [2.45, 2.75) is 0 Å². The number of carboxylic acid groups (broad SMARTS) is 1. The molecular weight excluding hydrogens is 183 g/mol. The quantitative estimate of drug-likeness (QED) is 0.678. The van der Waals surface area contributed by atoms with Crippen LogP contribution in [0.15, 0.2) is 24.3 Å². The van der Waals surface area contributed by atoms with E-state index in [4.69, 9.17) is 5.11 Å². The summed E-state index contributed by atoms with van der Waals surface area (Å²) in [6.07, 6.45) is 0. The van der Waals surface area contributed by atoms with Crippen molar-refractivity contribution in [3.63, 3.8) is 0 Å². The molecule has 2 nitrogen and oxygen atoms in total. The molecule has 0 saturated carbocycles. The van der Waals surface area contributed by atoms with Crippen LogP contribution in [0.2, 0.25) is 0 Å². The summed E-state index contributed by atoms with van der Waals surface area (Å²) in [4.78, 5) is 10.2. The Morgan fingerprint density at radius 2 is 1.73 bits per heavy atom. The van der Waals surface area contributed by atoms with Gasteiger partial charge in [-0.2, -0.15) is 0 Å². The topological polar surface area (TPSA) is 37.3 Å². The number of aromatic carboxylic acids is 1. The molecule has 1 aromatic carbocycles. The molecule has 1 N–H and O–H groups in total. The number of hydrogen-bond donors (Lipinski definition) is 1.